The van der Waals surface area contributed by atoms with Crippen LogP contribution in [0.1, 0.15) is 39.1 Å². The van der Waals surface area contributed by atoms with Crippen molar-refractivity contribution in [2.24, 2.45) is 11.1 Å². The Labute approximate surface area is 179 Å². The van der Waals surface area contributed by atoms with Gasteiger partial charge in [0.25, 0.3) is 5.91 Å². The fourth-order valence-corrected chi connectivity index (χ4v) is 4.36. The molecule has 0 unspecified atom stereocenters. The quantitative estimate of drug-likeness (QED) is 0.684. The summed E-state index contributed by atoms with van der Waals surface area (Å²) in [5.74, 6) is -0.454. The maximum atomic E-state index is 12.5. The number of nitrogens with two attached hydrogens (primary N) is 1. The van der Waals surface area contributed by atoms with Crippen molar-refractivity contribution in [3.8, 4) is 0 Å². The molecular weight excluding hydrogens is 404 g/mol. The van der Waals surface area contributed by atoms with Crippen LogP contribution < -0.4 is 16.4 Å². The summed E-state index contributed by atoms with van der Waals surface area (Å²) in [6.07, 6.45) is 1.75. The molecule has 0 aromatic heterocycles. The van der Waals surface area contributed by atoms with Gasteiger partial charge in [-0.2, -0.15) is 0 Å². The van der Waals surface area contributed by atoms with E-state index in [1.165, 1.54) is 0 Å². The van der Waals surface area contributed by atoms with E-state index in [0.717, 1.165) is 31.5 Å². The molecule has 4 rings (SSSR count). The Bertz CT molecular complexity index is 961. The molecular formula is C22H23ClN4O3. The molecule has 0 atom stereocenters. The molecule has 156 valence electrons. The lowest BCUT2D eigenvalue weighted by atomic mass is 9.60. The van der Waals surface area contributed by atoms with Gasteiger partial charge in [-0.05, 0) is 54.8 Å². The van der Waals surface area contributed by atoms with Crippen LogP contribution >= 0.6 is 11.6 Å². The molecule has 1 aliphatic carbocycles. The average molecular weight is 427 g/mol. The number of urea groups is 1. The van der Waals surface area contributed by atoms with E-state index >= 15 is 0 Å². The molecule has 4 amide bonds. The van der Waals surface area contributed by atoms with E-state index in [2.05, 4.69) is 10.6 Å². The molecule has 30 heavy (non-hydrogen) atoms. The Morgan fingerprint density at radius 1 is 1.00 bits per heavy atom. The maximum Gasteiger partial charge on any atom is 0.315 e. The first-order chi connectivity index (χ1) is 14.3. The zero-order valence-corrected chi connectivity index (χ0v) is 17.1. The van der Waals surface area contributed by atoms with Crippen molar-refractivity contribution in [2.75, 3.05) is 13.1 Å². The third kappa shape index (κ3) is 4.26. The van der Waals surface area contributed by atoms with E-state index in [1.54, 1.807) is 48.5 Å². The summed E-state index contributed by atoms with van der Waals surface area (Å²) in [4.78, 5) is 37.5. The van der Waals surface area contributed by atoms with Crippen LogP contribution in [-0.2, 0) is 6.54 Å². The van der Waals surface area contributed by atoms with E-state index in [-0.39, 0.29) is 23.4 Å². The summed E-state index contributed by atoms with van der Waals surface area (Å²) in [6.45, 7) is 1.81. The van der Waals surface area contributed by atoms with Crippen molar-refractivity contribution in [1.29, 1.82) is 0 Å². The van der Waals surface area contributed by atoms with Crippen molar-refractivity contribution < 1.29 is 14.4 Å². The number of likely N-dealkylation sites (tertiary alicyclic amines) is 1. The number of nitrogens with zero attached hydrogens (tertiary/aromatic N) is 1. The molecule has 1 aliphatic heterocycles. The topological polar surface area (TPSA) is 105 Å². The summed E-state index contributed by atoms with van der Waals surface area (Å²) >= 11 is 5.87. The van der Waals surface area contributed by atoms with Crippen molar-refractivity contribution in [2.45, 2.75) is 25.4 Å². The molecule has 2 aliphatic rings. The van der Waals surface area contributed by atoms with Crippen molar-refractivity contribution >= 4 is 29.4 Å². The molecule has 7 nitrogen and oxygen atoms in total. The largest absolute Gasteiger partial charge is 0.366 e. The van der Waals surface area contributed by atoms with Crippen molar-refractivity contribution in [3.05, 3.63) is 70.2 Å². The lowest BCUT2D eigenvalue weighted by Crippen LogP contribution is -2.67. The summed E-state index contributed by atoms with van der Waals surface area (Å²) in [6, 6.07) is 13.6. The Morgan fingerprint density at radius 2 is 1.60 bits per heavy atom. The van der Waals surface area contributed by atoms with Gasteiger partial charge in [-0.15, -0.1) is 0 Å². The second-order valence-corrected chi connectivity index (χ2v) is 8.60. The number of nitrogens with one attached hydrogen (secondary N) is 2. The van der Waals surface area contributed by atoms with Crippen LogP contribution in [0, 0.1) is 5.41 Å². The summed E-state index contributed by atoms with van der Waals surface area (Å²) in [7, 11) is 0. The minimum Gasteiger partial charge on any atom is -0.366 e. The summed E-state index contributed by atoms with van der Waals surface area (Å²) in [5.41, 5.74) is 7.31. The minimum atomic E-state index is -0.476. The fraction of sp³-hybridized carbons (Fsp3) is 0.318. The monoisotopic (exact) mass is 426 g/mol. The summed E-state index contributed by atoms with van der Waals surface area (Å²) in [5, 5.41) is 6.41. The van der Waals surface area contributed by atoms with Crippen LogP contribution in [0.2, 0.25) is 5.02 Å². The molecule has 1 heterocycles. The number of benzene rings is 2. The Balaban J connectivity index is 1.17. The van der Waals surface area contributed by atoms with Crippen molar-refractivity contribution in [3.63, 3.8) is 0 Å². The highest BCUT2D eigenvalue weighted by atomic mass is 35.5. The second kappa shape index (κ2) is 7.99. The van der Waals surface area contributed by atoms with Gasteiger partial charge >= 0.3 is 6.03 Å². The van der Waals surface area contributed by atoms with Crippen molar-refractivity contribution in [1.82, 2.24) is 15.5 Å². The van der Waals surface area contributed by atoms with Crippen LogP contribution in [0.3, 0.4) is 0 Å². The minimum absolute atomic E-state index is 0.0220. The van der Waals surface area contributed by atoms with Crippen LogP contribution in [0.15, 0.2) is 48.5 Å². The number of amides is 4. The van der Waals surface area contributed by atoms with Gasteiger partial charge in [-0.3, -0.25) is 9.59 Å². The fourth-order valence-electron chi connectivity index (χ4n) is 4.23. The molecule has 0 bridgehead atoms. The standard InChI is InChI=1S/C22H23ClN4O3/c23-17-7-5-16(6-8-17)20(29)27-12-22(13-27)9-18(10-22)26-21(30)25-11-14-1-3-15(4-2-14)19(24)28/h1-8,18H,9-13H2,(H2,24,28)(H2,25,26,30). The van der Waals surface area contributed by atoms with Gasteiger partial charge in [0.05, 0.1) is 0 Å². The van der Waals surface area contributed by atoms with E-state index in [9.17, 15) is 14.4 Å². The normalized spacial score (nSPS) is 17.0. The first-order valence-corrected chi connectivity index (χ1v) is 10.2. The van der Waals surface area contributed by atoms with Crippen LogP contribution in [-0.4, -0.2) is 41.9 Å². The zero-order valence-electron chi connectivity index (χ0n) is 16.4. The first kappa shape index (κ1) is 20.2. The smallest absolute Gasteiger partial charge is 0.315 e. The Hall–Kier alpha value is -3.06. The van der Waals surface area contributed by atoms with Gasteiger partial charge < -0.3 is 21.3 Å². The lowest BCUT2D eigenvalue weighted by molar-refractivity contribution is -0.0585. The van der Waals surface area contributed by atoms with Gasteiger partial charge in [0.15, 0.2) is 0 Å². The highest BCUT2D eigenvalue weighted by Crippen LogP contribution is 2.48. The first-order valence-electron chi connectivity index (χ1n) is 9.82. The third-order valence-electron chi connectivity index (χ3n) is 5.82. The van der Waals surface area contributed by atoms with Crippen LogP contribution in [0.5, 0.6) is 0 Å². The number of carbonyl (C=O) groups is 3. The number of rotatable bonds is 5. The third-order valence-corrected chi connectivity index (χ3v) is 6.07. The number of hydrogen-bond acceptors (Lipinski definition) is 3. The molecule has 1 saturated carbocycles. The molecule has 4 N–H and O–H groups in total. The SMILES string of the molecule is NC(=O)c1ccc(CNC(=O)NC2CC3(C2)CN(C(=O)c2ccc(Cl)cc2)C3)cc1. The lowest BCUT2D eigenvalue weighted by Gasteiger charge is -2.59. The van der Waals surface area contributed by atoms with Gasteiger partial charge in [-0.1, -0.05) is 23.7 Å². The number of primary amides is 1. The molecule has 1 saturated heterocycles. The average Bonchev–Trinajstić information content (AvgIpc) is 2.67. The zero-order chi connectivity index (χ0) is 21.3. The molecule has 2 fully saturated rings. The Kier molecular flexibility index (Phi) is 5.39. The number of hydrogen-bond donors (Lipinski definition) is 3. The van der Waals surface area contributed by atoms with E-state index in [4.69, 9.17) is 17.3 Å². The molecule has 2 aromatic carbocycles. The summed E-state index contributed by atoms with van der Waals surface area (Å²) < 4.78 is 0. The van der Waals surface area contributed by atoms with Gasteiger partial charge in [0.1, 0.15) is 0 Å². The highest BCUT2D eigenvalue weighted by Gasteiger charge is 2.54. The highest BCUT2D eigenvalue weighted by molar-refractivity contribution is 6.30. The number of carbonyl (C=O) groups excluding carboxylic acids is 3. The molecule has 2 aromatic rings. The Morgan fingerprint density at radius 3 is 2.20 bits per heavy atom. The predicted molar refractivity (Wildman–Crippen MR) is 113 cm³/mol. The van der Waals surface area contributed by atoms with Gasteiger partial charge in [-0.25, -0.2) is 4.79 Å². The molecule has 1 spiro atoms. The molecule has 0 radical (unpaired) electrons. The molecule has 8 heteroatoms. The van der Waals surface area contributed by atoms with Crippen LogP contribution in [0.25, 0.3) is 0 Å². The van der Waals surface area contributed by atoms with Crippen LogP contribution in [0.4, 0.5) is 4.79 Å². The second-order valence-electron chi connectivity index (χ2n) is 8.16. The number of halogens is 1. The van der Waals surface area contributed by atoms with E-state index in [0.29, 0.717) is 22.7 Å². The van der Waals surface area contributed by atoms with Gasteiger partial charge in [0.2, 0.25) is 5.91 Å². The van der Waals surface area contributed by atoms with E-state index in [1.807, 2.05) is 4.90 Å². The maximum absolute atomic E-state index is 12.5. The van der Waals surface area contributed by atoms with Gasteiger partial charge in [0, 0.05) is 47.2 Å². The van der Waals surface area contributed by atoms with E-state index < -0.39 is 5.91 Å². The predicted octanol–water partition coefficient (Wildman–Crippen LogP) is 2.54.